The Morgan fingerprint density at radius 3 is 2.60 bits per heavy atom. The van der Waals surface area contributed by atoms with Gasteiger partial charge in [-0.3, -0.25) is 0 Å². The van der Waals surface area contributed by atoms with E-state index in [0.717, 1.165) is 6.42 Å². The Hall–Kier alpha value is -1.19. The number of hydrogen-bond acceptors (Lipinski definition) is 3. The summed E-state index contributed by atoms with van der Waals surface area (Å²) < 4.78 is 5.18. The average Bonchev–Trinajstić information content (AvgIpc) is 2.45. The molecule has 0 saturated carbocycles. The van der Waals surface area contributed by atoms with Crippen LogP contribution in [0.1, 0.15) is 26.7 Å². The largest absolute Gasteiger partial charge is 0.504 e. The molecule has 2 atom stereocenters. The minimum atomic E-state index is -0.881. The Labute approximate surface area is 126 Å². The molecule has 0 heterocycles. The molecule has 0 aromatic heterocycles. The lowest BCUT2D eigenvalue weighted by Gasteiger charge is -2.27. The van der Waals surface area contributed by atoms with E-state index in [1.165, 1.54) is 10.5 Å². The number of hydrogen-bond donors (Lipinski definition) is 1. The molecule has 110 valence electrons. The summed E-state index contributed by atoms with van der Waals surface area (Å²) >= 11 is 1.75. The number of aliphatic hydroxyl groups is 1. The van der Waals surface area contributed by atoms with Gasteiger partial charge in [0.05, 0.1) is 19.0 Å². The molecule has 2 nitrogen and oxygen atoms in total. The van der Waals surface area contributed by atoms with Crippen molar-refractivity contribution in [3.63, 3.8) is 0 Å². The van der Waals surface area contributed by atoms with Gasteiger partial charge in [0, 0.05) is 10.1 Å². The first-order chi connectivity index (χ1) is 9.52. The average molecular weight is 292 g/mol. The van der Waals surface area contributed by atoms with E-state index in [9.17, 15) is 5.11 Å². The van der Waals surface area contributed by atoms with Crippen LogP contribution in [0.5, 0.6) is 0 Å². The van der Waals surface area contributed by atoms with Crippen molar-refractivity contribution >= 4 is 11.8 Å². The van der Waals surface area contributed by atoms with Crippen molar-refractivity contribution in [2.45, 2.75) is 42.4 Å². The molecule has 1 N–H and O–H groups in total. The van der Waals surface area contributed by atoms with Crippen LogP contribution in [0.2, 0.25) is 0 Å². The zero-order chi connectivity index (χ0) is 15.0. The van der Waals surface area contributed by atoms with Crippen molar-refractivity contribution in [1.82, 2.24) is 0 Å². The van der Waals surface area contributed by atoms with Crippen LogP contribution in [0.3, 0.4) is 0 Å². The normalized spacial score (nSPS) is 16.3. The highest BCUT2D eigenvalue weighted by Gasteiger charge is 2.25. The topological polar surface area (TPSA) is 29.5 Å². The molecular weight excluding hydrogens is 268 g/mol. The molecule has 1 rings (SSSR count). The fourth-order valence-corrected chi connectivity index (χ4v) is 3.35. The number of benzene rings is 1. The zero-order valence-corrected chi connectivity index (χ0v) is 13.3. The Balaban J connectivity index is 2.94. The van der Waals surface area contributed by atoms with E-state index in [4.69, 9.17) is 4.74 Å². The third-order valence-corrected chi connectivity index (χ3v) is 4.45. The van der Waals surface area contributed by atoms with Crippen molar-refractivity contribution < 1.29 is 9.84 Å². The summed E-state index contributed by atoms with van der Waals surface area (Å²) in [5.41, 5.74) is 0.303. The molecule has 0 fully saturated rings. The SMILES string of the molecule is C=CC(C)(O)CC(Sc1ccccc1)C(=COC)CC. The van der Waals surface area contributed by atoms with Crippen molar-refractivity contribution in [3.8, 4) is 0 Å². The molecule has 0 aliphatic heterocycles. The summed E-state index contributed by atoms with van der Waals surface area (Å²) in [4.78, 5) is 1.19. The number of ether oxygens (including phenoxy) is 1. The van der Waals surface area contributed by atoms with Crippen molar-refractivity contribution in [2.75, 3.05) is 7.11 Å². The van der Waals surface area contributed by atoms with Crippen LogP contribution in [-0.2, 0) is 4.74 Å². The first-order valence-electron chi connectivity index (χ1n) is 6.81. The minimum Gasteiger partial charge on any atom is -0.504 e. The van der Waals surface area contributed by atoms with Crippen LogP contribution in [0.15, 0.2) is 59.7 Å². The molecule has 0 saturated heterocycles. The van der Waals surface area contributed by atoms with Gasteiger partial charge in [-0.25, -0.2) is 0 Å². The minimum absolute atomic E-state index is 0.162. The first-order valence-corrected chi connectivity index (χ1v) is 7.69. The molecule has 3 heteroatoms. The number of thioether (sulfide) groups is 1. The van der Waals surface area contributed by atoms with E-state index >= 15 is 0 Å². The molecule has 0 amide bonds. The fourth-order valence-electron chi connectivity index (χ4n) is 1.91. The quantitative estimate of drug-likeness (QED) is 0.437. The lowest BCUT2D eigenvalue weighted by molar-refractivity contribution is 0.104. The number of rotatable bonds is 8. The van der Waals surface area contributed by atoms with Gasteiger partial charge in [0.25, 0.3) is 0 Å². The monoisotopic (exact) mass is 292 g/mol. The standard InChI is InChI=1S/C17H24O2S/c1-5-14(13-19-4)16(12-17(3,18)6-2)20-15-10-8-7-9-11-15/h6-11,13,16,18H,2,5,12H2,1,3-4H3. The number of methoxy groups -OCH3 is 1. The Morgan fingerprint density at radius 2 is 2.10 bits per heavy atom. The van der Waals surface area contributed by atoms with Gasteiger partial charge in [-0.1, -0.05) is 31.2 Å². The van der Waals surface area contributed by atoms with Gasteiger partial charge in [0.1, 0.15) is 0 Å². The predicted octanol–water partition coefficient (Wildman–Crippen LogP) is 4.41. The third kappa shape index (κ3) is 5.43. The molecule has 2 unspecified atom stereocenters. The maximum atomic E-state index is 10.3. The second-order valence-electron chi connectivity index (χ2n) is 4.97. The molecule has 0 bridgehead atoms. The van der Waals surface area contributed by atoms with Crippen molar-refractivity contribution in [2.24, 2.45) is 0 Å². The van der Waals surface area contributed by atoms with E-state index in [2.05, 4.69) is 25.6 Å². The maximum Gasteiger partial charge on any atom is 0.0827 e. The molecule has 0 aliphatic rings. The predicted molar refractivity (Wildman–Crippen MR) is 86.9 cm³/mol. The zero-order valence-electron chi connectivity index (χ0n) is 12.5. The first kappa shape index (κ1) is 16.9. The van der Waals surface area contributed by atoms with Gasteiger partial charge in [-0.05, 0) is 37.5 Å². The summed E-state index contributed by atoms with van der Waals surface area (Å²) in [6.07, 6.45) is 4.90. The summed E-state index contributed by atoms with van der Waals surface area (Å²) in [6, 6.07) is 10.2. The van der Waals surface area contributed by atoms with Gasteiger partial charge in [0.15, 0.2) is 0 Å². The Bertz CT molecular complexity index is 438. The molecule has 1 aromatic rings. The van der Waals surface area contributed by atoms with Gasteiger partial charge in [0.2, 0.25) is 0 Å². The van der Waals surface area contributed by atoms with Crippen molar-refractivity contribution in [3.05, 3.63) is 54.8 Å². The highest BCUT2D eigenvalue weighted by atomic mass is 32.2. The summed E-state index contributed by atoms with van der Waals surface area (Å²) in [7, 11) is 1.66. The van der Waals surface area contributed by atoms with E-state index in [1.807, 2.05) is 18.2 Å². The second kappa shape index (κ2) is 8.18. The smallest absolute Gasteiger partial charge is 0.0827 e. The highest BCUT2D eigenvalue weighted by Crippen LogP contribution is 2.35. The van der Waals surface area contributed by atoms with Crippen LogP contribution in [0.4, 0.5) is 0 Å². The summed E-state index contributed by atoms with van der Waals surface area (Å²) in [5.74, 6) is 0. The molecule has 0 spiro atoms. The van der Waals surface area contributed by atoms with Crippen LogP contribution >= 0.6 is 11.8 Å². The molecular formula is C17H24O2S. The van der Waals surface area contributed by atoms with Crippen LogP contribution in [0.25, 0.3) is 0 Å². The Kier molecular flexibility index (Phi) is 6.89. The molecule has 0 aliphatic carbocycles. The Morgan fingerprint density at radius 1 is 1.45 bits per heavy atom. The van der Waals surface area contributed by atoms with Gasteiger partial charge >= 0.3 is 0 Å². The molecule has 1 aromatic carbocycles. The van der Waals surface area contributed by atoms with Gasteiger partial charge in [-0.2, -0.15) is 0 Å². The third-order valence-electron chi connectivity index (χ3n) is 3.15. The lowest BCUT2D eigenvalue weighted by atomic mass is 9.96. The lowest BCUT2D eigenvalue weighted by Crippen LogP contribution is -2.27. The van der Waals surface area contributed by atoms with Gasteiger partial charge in [-0.15, -0.1) is 18.3 Å². The van der Waals surface area contributed by atoms with E-state index in [1.54, 1.807) is 38.1 Å². The van der Waals surface area contributed by atoms with E-state index < -0.39 is 5.60 Å². The fraction of sp³-hybridized carbons (Fsp3) is 0.412. The second-order valence-corrected chi connectivity index (χ2v) is 6.24. The van der Waals surface area contributed by atoms with Crippen LogP contribution in [0, 0.1) is 0 Å². The van der Waals surface area contributed by atoms with Crippen molar-refractivity contribution in [1.29, 1.82) is 0 Å². The summed E-state index contributed by atoms with van der Waals surface area (Å²) in [5, 5.41) is 10.4. The highest BCUT2D eigenvalue weighted by molar-refractivity contribution is 8.00. The van der Waals surface area contributed by atoms with E-state index in [-0.39, 0.29) is 5.25 Å². The van der Waals surface area contributed by atoms with Gasteiger partial charge < -0.3 is 9.84 Å². The molecule has 0 radical (unpaired) electrons. The maximum absolute atomic E-state index is 10.3. The van der Waals surface area contributed by atoms with Crippen LogP contribution < -0.4 is 0 Å². The molecule has 20 heavy (non-hydrogen) atoms. The summed E-state index contributed by atoms with van der Waals surface area (Å²) in [6.45, 7) is 7.61. The van der Waals surface area contributed by atoms with E-state index in [0.29, 0.717) is 6.42 Å². The van der Waals surface area contributed by atoms with Crippen LogP contribution in [-0.4, -0.2) is 23.1 Å².